The second kappa shape index (κ2) is 4.43. The van der Waals surface area contributed by atoms with E-state index in [2.05, 4.69) is 4.98 Å². The highest BCUT2D eigenvalue weighted by Crippen LogP contribution is 2.35. The predicted molar refractivity (Wildman–Crippen MR) is 68.9 cm³/mol. The van der Waals surface area contributed by atoms with E-state index in [1.807, 2.05) is 13.8 Å². The van der Waals surface area contributed by atoms with E-state index < -0.39 is 11.7 Å². The predicted octanol–water partition coefficient (Wildman–Crippen LogP) is 3.92. The third-order valence-corrected chi connectivity index (χ3v) is 3.36. The van der Waals surface area contributed by atoms with E-state index in [4.69, 9.17) is 5.73 Å². The topological polar surface area (TPSA) is 43.8 Å². The zero-order valence-corrected chi connectivity index (χ0v) is 11.0. The van der Waals surface area contributed by atoms with Crippen molar-refractivity contribution in [3.63, 3.8) is 0 Å². The van der Waals surface area contributed by atoms with Gasteiger partial charge in [0.2, 0.25) is 0 Å². The van der Waals surface area contributed by atoms with Crippen molar-refractivity contribution in [1.29, 1.82) is 0 Å². The lowest BCUT2D eigenvalue weighted by molar-refractivity contribution is -0.137. The Balaban J connectivity index is 2.77. The number of rotatable bonds is 2. The number of nitrogens with zero attached hydrogens (tertiary/aromatic N) is 2. The maximum absolute atomic E-state index is 12.8. The van der Waals surface area contributed by atoms with Crippen molar-refractivity contribution < 1.29 is 13.2 Å². The molecule has 2 N–H and O–H groups in total. The summed E-state index contributed by atoms with van der Waals surface area (Å²) in [5.74, 6) is 0.676. The number of nitrogen functional groups attached to an aromatic ring is 1. The molecule has 2 rings (SSSR count). The first-order valence-electron chi connectivity index (χ1n) is 6.11. The van der Waals surface area contributed by atoms with Crippen molar-refractivity contribution in [1.82, 2.24) is 9.55 Å². The van der Waals surface area contributed by atoms with Crippen LogP contribution in [-0.4, -0.2) is 9.55 Å². The molecule has 2 aromatic rings. The first-order valence-corrected chi connectivity index (χ1v) is 6.11. The molecule has 0 aliphatic heterocycles. The fraction of sp³-hybridized carbons (Fsp3) is 0.462. The lowest BCUT2D eigenvalue weighted by Crippen LogP contribution is -2.09. The summed E-state index contributed by atoms with van der Waals surface area (Å²) >= 11 is 0. The number of imidazole rings is 1. The first kappa shape index (κ1) is 13.7. The molecule has 104 valence electrons. The van der Waals surface area contributed by atoms with Crippen LogP contribution < -0.4 is 5.73 Å². The Morgan fingerprint density at radius 1 is 1.37 bits per heavy atom. The van der Waals surface area contributed by atoms with Gasteiger partial charge < -0.3 is 10.3 Å². The third kappa shape index (κ3) is 2.27. The maximum atomic E-state index is 12.8. The molecule has 0 radical (unpaired) electrons. The number of hydrogen-bond donors (Lipinski definition) is 1. The van der Waals surface area contributed by atoms with Crippen molar-refractivity contribution in [2.75, 3.05) is 5.73 Å². The van der Waals surface area contributed by atoms with Gasteiger partial charge in [-0.2, -0.15) is 13.2 Å². The zero-order valence-electron chi connectivity index (χ0n) is 11.0. The number of hydrogen-bond acceptors (Lipinski definition) is 2. The quantitative estimate of drug-likeness (QED) is 0.841. The number of benzene rings is 1. The normalized spacial score (nSPS) is 14.0. The van der Waals surface area contributed by atoms with Crippen molar-refractivity contribution >= 4 is 16.7 Å². The summed E-state index contributed by atoms with van der Waals surface area (Å²) in [6.07, 6.45) is -3.59. The molecule has 0 amide bonds. The van der Waals surface area contributed by atoms with Crippen molar-refractivity contribution in [3.8, 4) is 0 Å². The molecule has 1 heterocycles. The summed E-state index contributed by atoms with van der Waals surface area (Å²) in [7, 11) is 0. The van der Waals surface area contributed by atoms with E-state index in [0.29, 0.717) is 16.9 Å². The van der Waals surface area contributed by atoms with Crippen LogP contribution in [0.15, 0.2) is 12.1 Å². The molecule has 1 unspecified atom stereocenters. The number of alkyl halides is 3. The number of fused-ring (bicyclic) bond motifs is 1. The third-order valence-electron chi connectivity index (χ3n) is 3.36. The second-order valence-corrected chi connectivity index (χ2v) is 4.72. The largest absolute Gasteiger partial charge is 0.416 e. The van der Waals surface area contributed by atoms with Gasteiger partial charge in [-0.1, -0.05) is 6.92 Å². The lowest BCUT2D eigenvalue weighted by Gasteiger charge is -2.15. The highest BCUT2D eigenvalue weighted by atomic mass is 19.4. The molecule has 3 nitrogen and oxygen atoms in total. The maximum Gasteiger partial charge on any atom is 0.416 e. The average Bonchev–Trinajstić information content (AvgIpc) is 2.64. The van der Waals surface area contributed by atoms with Gasteiger partial charge in [-0.25, -0.2) is 4.98 Å². The highest BCUT2D eigenvalue weighted by Gasteiger charge is 2.32. The van der Waals surface area contributed by atoms with Crippen LogP contribution >= 0.6 is 0 Å². The molecule has 0 saturated heterocycles. The summed E-state index contributed by atoms with van der Waals surface area (Å²) in [6, 6.07) is 2.14. The molecule has 0 aliphatic carbocycles. The summed E-state index contributed by atoms with van der Waals surface area (Å²) < 4.78 is 40.3. The molecule has 0 fully saturated rings. The number of aryl methyl sites for hydroxylation is 1. The fourth-order valence-electron chi connectivity index (χ4n) is 2.24. The van der Waals surface area contributed by atoms with Crippen LogP contribution in [0.4, 0.5) is 18.9 Å². The molecule has 0 saturated carbocycles. The van der Waals surface area contributed by atoms with Crippen molar-refractivity contribution in [3.05, 3.63) is 23.5 Å². The van der Waals surface area contributed by atoms with E-state index >= 15 is 0 Å². The summed E-state index contributed by atoms with van der Waals surface area (Å²) in [5.41, 5.74) is 5.91. The molecule has 0 bridgehead atoms. The molecular formula is C13H16F3N3. The Morgan fingerprint density at radius 2 is 2.00 bits per heavy atom. The molecular weight excluding hydrogens is 255 g/mol. The second-order valence-electron chi connectivity index (χ2n) is 4.72. The number of halogens is 3. The van der Waals surface area contributed by atoms with Gasteiger partial charge in [0.1, 0.15) is 11.3 Å². The first-order chi connectivity index (χ1) is 8.75. The Hall–Kier alpha value is -1.72. The SMILES string of the molecule is CCC(C)n1c(C)nc2c(N)cc(C(F)(F)F)cc21. The fourth-order valence-corrected chi connectivity index (χ4v) is 2.24. The summed E-state index contributed by atoms with van der Waals surface area (Å²) in [5, 5.41) is 0. The van der Waals surface area contributed by atoms with E-state index in [1.54, 1.807) is 11.5 Å². The lowest BCUT2D eigenvalue weighted by atomic mass is 10.1. The van der Waals surface area contributed by atoms with E-state index in [-0.39, 0.29) is 11.7 Å². The van der Waals surface area contributed by atoms with Gasteiger partial charge in [-0.3, -0.25) is 0 Å². The van der Waals surface area contributed by atoms with Gasteiger partial charge in [-0.15, -0.1) is 0 Å². The Bertz CT molecular complexity index is 614. The molecule has 0 aliphatic rings. The molecule has 1 atom stereocenters. The van der Waals surface area contributed by atoms with Gasteiger partial charge in [0.15, 0.2) is 0 Å². The summed E-state index contributed by atoms with van der Waals surface area (Å²) in [4.78, 5) is 4.28. The van der Waals surface area contributed by atoms with Gasteiger partial charge in [0.25, 0.3) is 0 Å². The minimum Gasteiger partial charge on any atom is -0.397 e. The molecule has 0 spiro atoms. The van der Waals surface area contributed by atoms with Crippen molar-refractivity contribution in [2.24, 2.45) is 0 Å². The minimum atomic E-state index is -4.40. The molecule has 19 heavy (non-hydrogen) atoms. The Morgan fingerprint density at radius 3 is 2.53 bits per heavy atom. The molecule has 1 aromatic heterocycles. The van der Waals surface area contributed by atoms with Gasteiger partial charge >= 0.3 is 6.18 Å². The van der Waals surface area contributed by atoms with Gasteiger partial charge in [-0.05, 0) is 32.4 Å². The number of anilines is 1. The summed E-state index contributed by atoms with van der Waals surface area (Å²) in [6.45, 7) is 5.70. The smallest absolute Gasteiger partial charge is 0.397 e. The van der Waals surface area contributed by atoms with Gasteiger partial charge in [0, 0.05) is 6.04 Å². The van der Waals surface area contributed by atoms with Crippen LogP contribution in [0.2, 0.25) is 0 Å². The van der Waals surface area contributed by atoms with Crippen LogP contribution in [0.1, 0.15) is 37.7 Å². The monoisotopic (exact) mass is 271 g/mol. The highest BCUT2D eigenvalue weighted by molar-refractivity contribution is 5.88. The number of nitrogens with two attached hydrogens (primary N) is 1. The Labute approximate surface area is 109 Å². The van der Waals surface area contributed by atoms with Crippen LogP contribution in [0.5, 0.6) is 0 Å². The van der Waals surface area contributed by atoms with Crippen LogP contribution in [0.25, 0.3) is 11.0 Å². The molecule has 1 aromatic carbocycles. The Kier molecular flexibility index (Phi) is 3.20. The van der Waals surface area contributed by atoms with E-state index in [1.165, 1.54) is 0 Å². The van der Waals surface area contributed by atoms with Crippen LogP contribution in [0.3, 0.4) is 0 Å². The van der Waals surface area contributed by atoms with Crippen LogP contribution in [-0.2, 0) is 6.18 Å². The van der Waals surface area contributed by atoms with E-state index in [9.17, 15) is 13.2 Å². The van der Waals surface area contributed by atoms with Gasteiger partial charge in [0.05, 0.1) is 16.8 Å². The standard InChI is InChI=1S/C13H16F3N3/c1-4-7(2)19-8(3)18-12-10(17)5-9(6-11(12)19)13(14,15)16/h5-7H,4,17H2,1-3H3. The zero-order chi connectivity index (χ0) is 14.4. The number of aromatic nitrogens is 2. The minimum absolute atomic E-state index is 0.0648. The van der Waals surface area contributed by atoms with Crippen LogP contribution in [0, 0.1) is 6.92 Å². The van der Waals surface area contributed by atoms with Crippen molar-refractivity contribution in [2.45, 2.75) is 39.4 Å². The molecule has 6 heteroatoms. The van der Waals surface area contributed by atoms with E-state index in [0.717, 1.165) is 18.6 Å². The average molecular weight is 271 g/mol.